The first kappa shape index (κ1) is 17.6. The standard InChI is InChI=1S/C15H19N3O3S2/c1-4-10(21-12-9-7-6-8-11(12)20-3)13(19)16-14-17-18-15(23-14)22-5-2/h6-10H,4-5H2,1-3H3,(H,16,17,19). The largest absolute Gasteiger partial charge is 0.493 e. The summed E-state index contributed by atoms with van der Waals surface area (Å²) in [4.78, 5) is 12.4. The quantitative estimate of drug-likeness (QED) is 0.579. The van der Waals surface area contributed by atoms with Gasteiger partial charge in [-0.15, -0.1) is 10.2 Å². The van der Waals surface area contributed by atoms with Gasteiger partial charge >= 0.3 is 0 Å². The van der Waals surface area contributed by atoms with E-state index in [2.05, 4.69) is 15.5 Å². The van der Waals surface area contributed by atoms with E-state index >= 15 is 0 Å². The number of hydrogen-bond donors (Lipinski definition) is 1. The molecule has 0 spiro atoms. The van der Waals surface area contributed by atoms with Gasteiger partial charge in [-0.3, -0.25) is 10.1 Å². The number of amides is 1. The summed E-state index contributed by atoms with van der Waals surface area (Å²) in [6.45, 7) is 3.93. The first-order valence-corrected chi connectivity index (χ1v) is 9.05. The van der Waals surface area contributed by atoms with Crippen molar-refractivity contribution < 1.29 is 14.3 Å². The Morgan fingerprint density at radius 2 is 2.04 bits per heavy atom. The van der Waals surface area contributed by atoms with Gasteiger partial charge in [-0.25, -0.2) is 0 Å². The lowest BCUT2D eigenvalue weighted by atomic mass is 10.2. The SMILES string of the molecule is CCSc1nnc(NC(=O)C(CC)Oc2ccccc2OC)s1. The van der Waals surface area contributed by atoms with Gasteiger partial charge in [0.2, 0.25) is 5.13 Å². The van der Waals surface area contributed by atoms with Crippen LogP contribution in [0.1, 0.15) is 20.3 Å². The van der Waals surface area contributed by atoms with Crippen LogP contribution in [0.2, 0.25) is 0 Å². The zero-order valence-electron chi connectivity index (χ0n) is 13.2. The predicted molar refractivity (Wildman–Crippen MR) is 92.6 cm³/mol. The molecule has 0 radical (unpaired) electrons. The van der Waals surface area contributed by atoms with Crippen LogP contribution < -0.4 is 14.8 Å². The molecule has 6 nitrogen and oxygen atoms in total. The van der Waals surface area contributed by atoms with Gasteiger partial charge in [-0.05, 0) is 24.3 Å². The molecule has 0 fully saturated rings. The van der Waals surface area contributed by atoms with Crippen molar-refractivity contribution in [3.05, 3.63) is 24.3 Å². The lowest BCUT2D eigenvalue weighted by Gasteiger charge is -2.17. The molecule has 1 atom stereocenters. The Labute approximate surface area is 143 Å². The number of benzene rings is 1. The predicted octanol–water partition coefficient (Wildman–Crippen LogP) is 3.45. The van der Waals surface area contributed by atoms with E-state index in [4.69, 9.17) is 9.47 Å². The number of ether oxygens (including phenoxy) is 2. The second-order valence-electron chi connectivity index (χ2n) is 4.46. The second-order valence-corrected chi connectivity index (χ2v) is 6.95. The lowest BCUT2D eigenvalue weighted by Crippen LogP contribution is -2.32. The fourth-order valence-corrected chi connectivity index (χ4v) is 3.47. The molecule has 1 unspecified atom stereocenters. The van der Waals surface area contributed by atoms with Crippen LogP contribution in [0.3, 0.4) is 0 Å². The Balaban J connectivity index is 2.03. The first-order chi connectivity index (χ1) is 11.2. The van der Waals surface area contributed by atoms with Crippen LogP contribution in [-0.2, 0) is 4.79 Å². The van der Waals surface area contributed by atoms with Crippen LogP contribution in [0.25, 0.3) is 0 Å². The molecular formula is C15H19N3O3S2. The van der Waals surface area contributed by atoms with E-state index in [0.29, 0.717) is 23.1 Å². The van der Waals surface area contributed by atoms with Gasteiger partial charge in [-0.2, -0.15) is 0 Å². The highest BCUT2D eigenvalue weighted by Crippen LogP contribution is 2.28. The molecule has 0 bridgehead atoms. The van der Waals surface area contributed by atoms with Gasteiger partial charge in [0.15, 0.2) is 21.9 Å². The maximum absolute atomic E-state index is 12.4. The van der Waals surface area contributed by atoms with Crippen LogP contribution in [-0.4, -0.2) is 35.1 Å². The summed E-state index contributed by atoms with van der Waals surface area (Å²) in [5, 5.41) is 11.2. The van der Waals surface area contributed by atoms with E-state index < -0.39 is 6.10 Å². The number of methoxy groups -OCH3 is 1. The third-order valence-corrected chi connectivity index (χ3v) is 4.76. The maximum Gasteiger partial charge on any atom is 0.267 e. The molecule has 0 saturated heterocycles. The van der Waals surface area contributed by atoms with Crippen molar-refractivity contribution in [1.82, 2.24) is 10.2 Å². The molecule has 0 aliphatic carbocycles. The Bertz CT molecular complexity index is 648. The van der Waals surface area contributed by atoms with Crippen molar-refractivity contribution in [2.24, 2.45) is 0 Å². The number of para-hydroxylation sites is 2. The highest BCUT2D eigenvalue weighted by molar-refractivity contribution is 8.01. The molecule has 2 aromatic rings. The van der Waals surface area contributed by atoms with Crippen molar-refractivity contribution in [3.63, 3.8) is 0 Å². The third-order valence-electron chi connectivity index (χ3n) is 2.91. The van der Waals surface area contributed by atoms with E-state index in [1.54, 1.807) is 31.0 Å². The molecule has 1 aromatic carbocycles. The zero-order chi connectivity index (χ0) is 16.7. The molecule has 124 valence electrons. The van der Waals surface area contributed by atoms with Crippen molar-refractivity contribution >= 4 is 34.1 Å². The molecule has 2 rings (SSSR count). The van der Waals surface area contributed by atoms with Crippen molar-refractivity contribution in [2.45, 2.75) is 30.7 Å². The highest BCUT2D eigenvalue weighted by atomic mass is 32.2. The second kappa shape index (κ2) is 8.73. The molecule has 1 aromatic heterocycles. The van der Waals surface area contributed by atoms with Crippen LogP contribution in [0.4, 0.5) is 5.13 Å². The number of thioether (sulfide) groups is 1. The molecule has 0 aliphatic heterocycles. The van der Waals surface area contributed by atoms with Crippen LogP contribution in [0, 0.1) is 0 Å². The topological polar surface area (TPSA) is 73.3 Å². The van der Waals surface area contributed by atoms with Gasteiger partial charge in [0.1, 0.15) is 0 Å². The van der Waals surface area contributed by atoms with Crippen molar-refractivity contribution in [2.75, 3.05) is 18.2 Å². The van der Waals surface area contributed by atoms with Gasteiger partial charge in [0.05, 0.1) is 7.11 Å². The average molecular weight is 353 g/mol. The molecule has 1 heterocycles. The summed E-state index contributed by atoms with van der Waals surface area (Å²) in [5.74, 6) is 1.80. The fraction of sp³-hybridized carbons (Fsp3) is 0.400. The number of anilines is 1. The molecule has 0 aliphatic rings. The molecule has 1 amide bonds. The number of rotatable bonds is 8. The normalized spacial score (nSPS) is 11.8. The summed E-state index contributed by atoms with van der Waals surface area (Å²) in [5.41, 5.74) is 0. The van der Waals surface area contributed by atoms with E-state index in [9.17, 15) is 4.79 Å². The molecule has 1 N–H and O–H groups in total. The molecular weight excluding hydrogens is 334 g/mol. The minimum Gasteiger partial charge on any atom is -0.493 e. The number of carbonyl (C=O) groups is 1. The number of nitrogens with one attached hydrogen (secondary N) is 1. The summed E-state index contributed by atoms with van der Waals surface area (Å²) in [6, 6.07) is 7.25. The van der Waals surface area contributed by atoms with E-state index in [1.165, 1.54) is 11.3 Å². The van der Waals surface area contributed by atoms with Crippen molar-refractivity contribution in [1.29, 1.82) is 0 Å². The molecule has 0 saturated carbocycles. The molecule has 23 heavy (non-hydrogen) atoms. The fourth-order valence-electron chi connectivity index (χ4n) is 1.82. The number of nitrogens with zero attached hydrogens (tertiary/aromatic N) is 2. The third kappa shape index (κ3) is 4.84. The van der Waals surface area contributed by atoms with Crippen molar-refractivity contribution in [3.8, 4) is 11.5 Å². The average Bonchev–Trinajstić information content (AvgIpc) is 3.00. The van der Waals surface area contributed by atoms with E-state index in [1.807, 2.05) is 26.0 Å². The number of carbonyl (C=O) groups excluding carboxylic acids is 1. The maximum atomic E-state index is 12.4. The summed E-state index contributed by atoms with van der Waals surface area (Å²) < 4.78 is 11.9. The van der Waals surface area contributed by atoms with Gasteiger partial charge in [0, 0.05) is 0 Å². The van der Waals surface area contributed by atoms with Crippen LogP contribution in [0.5, 0.6) is 11.5 Å². The number of aromatic nitrogens is 2. The smallest absolute Gasteiger partial charge is 0.267 e. The Kier molecular flexibility index (Phi) is 6.66. The highest BCUT2D eigenvalue weighted by Gasteiger charge is 2.21. The van der Waals surface area contributed by atoms with Gasteiger partial charge in [-0.1, -0.05) is 49.1 Å². The zero-order valence-corrected chi connectivity index (χ0v) is 14.9. The number of hydrogen-bond acceptors (Lipinski definition) is 7. The Morgan fingerprint density at radius 1 is 1.30 bits per heavy atom. The summed E-state index contributed by atoms with van der Waals surface area (Å²) in [7, 11) is 1.57. The minimum atomic E-state index is -0.627. The molecule has 8 heteroatoms. The van der Waals surface area contributed by atoms with Crippen LogP contribution in [0.15, 0.2) is 28.6 Å². The Morgan fingerprint density at radius 3 is 2.70 bits per heavy atom. The Hall–Kier alpha value is -1.80. The summed E-state index contributed by atoms with van der Waals surface area (Å²) >= 11 is 2.95. The monoisotopic (exact) mass is 353 g/mol. The van der Waals surface area contributed by atoms with Gasteiger partial charge in [0.25, 0.3) is 5.91 Å². The summed E-state index contributed by atoms with van der Waals surface area (Å²) in [6.07, 6.45) is -0.100. The minimum absolute atomic E-state index is 0.248. The van der Waals surface area contributed by atoms with Crippen LogP contribution >= 0.6 is 23.1 Å². The lowest BCUT2D eigenvalue weighted by molar-refractivity contribution is -0.122. The van der Waals surface area contributed by atoms with E-state index in [0.717, 1.165) is 10.1 Å². The van der Waals surface area contributed by atoms with Gasteiger partial charge < -0.3 is 9.47 Å². The first-order valence-electron chi connectivity index (χ1n) is 7.24. The van der Waals surface area contributed by atoms with E-state index in [-0.39, 0.29) is 5.91 Å².